The van der Waals surface area contributed by atoms with Crippen LogP contribution in [0.1, 0.15) is 6.23 Å². The minimum absolute atomic E-state index is 0.0781. The Kier molecular flexibility index (Phi) is 6.32. The zero-order chi connectivity index (χ0) is 25.5. The SMILES string of the molecule is Nc1ncnc2c1ncn2[C@@H]1O[C@H](COP(=O)(O)Nc2ccc([N+](=O)[O-])cc2[N+](=O)[O-])[C@@H](O)[C@H]1O. The van der Waals surface area contributed by atoms with Gasteiger partial charge in [0.15, 0.2) is 17.7 Å². The molecule has 35 heavy (non-hydrogen) atoms. The van der Waals surface area contributed by atoms with Crippen molar-refractivity contribution in [2.75, 3.05) is 17.4 Å². The van der Waals surface area contributed by atoms with E-state index in [1.54, 1.807) is 0 Å². The average Bonchev–Trinajstić information content (AvgIpc) is 3.34. The Morgan fingerprint density at radius 3 is 2.63 bits per heavy atom. The van der Waals surface area contributed by atoms with E-state index < -0.39 is 65.8 Å². The van der Waals surface area contributed by atoms with Crippen LogP contribution in [0.4, 0.5) is 22.9 Å². The second kappa shape index (κ2) is 9.10. The number of benzene rings is 1. The Morgan fingerprint density at radius 1 is 1.20 bits per heavy atom. The fraction of sp³-hybridized carbons (Fsp3) is 0.312. The van der Waals surface area contributed by atoms with Gasteiger partial charge in [-0.25, -0.2) is 19.5 Å². The lowest BCUT2D eigenvalue weighted by atomic mass is 10.1. The first-order valence-electron chi connectivity index (χ1n) is 9.61. The molecule has 0 aliphatic carbocycles. The van der Waals surface area contributed by atoms with Crippen LogP contribution in [0, 0.1) is 20.2 Å². The third kappa shape index (κ3) is 4.74. The number of fused-ring (bicyclic) bond motifs is 1. The monoisotopic (exact) mass is 512 g/mol. The molecule has 3 heterocycles. The first-order chi connectivity index (χ1) is 16.5. The number of nitro benzene ring substituents is 2. The van der Waals surface area contributed by atoms with E-state index >= 15 is 0 Å². The topological polar surface area (TPSA) is 264 Å². The maximum Gasteiger partial charge on any atom is 0.430 e. The van der Waals surface area contributed by atoms with Crippen molar-refractivity contribution in [3.05, 3.63) is 51.1 Å². The van der Waals surface area contributed by atoms with E-state index in [2.05, 4.69) is 15.0 Å². The Labute approximate surface area is 193 Å². The Hall–Kier alpha value is -3.80. The summed E-state index contributed by atoms with van der Waals surface area (Å²) in [5, 5.41) is 44.8. The Morgan fingerprint density at radius 2 is 1.94 bits per heavy atom. The minimum Gasteiger partial charge on any atom is -0.387 e. The number of anilines is 2. The van der Waals surface area contributed by atoms with Gasteiger partial charge in [-0.2, -0.15) is 0 Å². The summed E-state index contributed by atoms with van der Waals surface area (Å²) in [5.74, 6) is 0.0781. The number of aliphatic hydroxyl groups is 2. The van der Waals surface area contributed by atoms with E-state index in [0.717, 1.165) is 12.1 Å². The fourth-order valence-electron chi connectivity index (χ4n) is 3.39. The number of hydrogen-bond donors (Lipinski definition) is 5. The van der Waals surface area contributed by atoms with Crippen molar-refractivity contribution < 1.29 is 38.8 Å². The molecule has 0 radical (unpaired) electrons. The molecule has 18 nitrogen and oxygen atoms in total. The first-order valence-corrected chi connectivity index (χ1v) is 11.2. The van der Waals surface area contributed by atoms with E-state index in [0.29, 0.717) is 6.07 Å². The third-order valence-electron chi connectivity index (χ3n) is 5.06. The van der Waals surface area contributed by atoms with E-state index in [-0.39, 0.29) is 17.0 Å². The van der Waals surface area contributed by atoms with Gasteiger partial charge >= 0.3 is 7.75 Å². The molecule has 0 bridgehead atoms. The molecule has 1 saturated heterocycles. The van der Waals surface area contributed by atoms with Gasteiger partial charge in [0.05, 0.1) is 28.8 Å². The van der Waals surface area contributed by atoms with Crippen molar-refractivity contribution in [1.82, 2.24) is 19.5 Å². The van der Waals surface area contributed by atoms with Crippen LogP contribution in [0.2, 0.25) is 0 Å². The summed E-state index contributed by atoms with van der Waals surface area (Å²) in [7, 11) is -4.80. The van der Waals surface area contributed by atoms with Gasteiger partial charge in [0.1, 0.15) is 35.8 Å². The van der Waals surface area contributed by atoms with Gasteiger partial charge in [0, 0.05) is 6.07 Å². The number of aliphatic hydroxyl groups excluding tert-OH is 2. The van der Waals surface area contributed by atoms with Gasteiger partial charge in [-0.15, -0.1) is 0 Å². The number of nitrogens with one attached hydrogen (secondary N) is 1. The van der Waals surface area contributed by atoms with Crippen LogP contribution in [0.15, 0.2) is 30.9 Å². The minimum atomic E-state index is -4.80. The number of nitrogens with zero attached hydrogens (tertiary/aromatic N) is 6. The molecule has 4 rings (SSSR count). The number of ether oxygens (including phenoxy) is 1. The number of nitrogens with two attached hydrogens (primary N) is 1. The lowest BCUT2D eigenvalue weighted by Gasteiger charge is -2.18. The van der Waals surface area contributed by atoms with Gasteiger partial charge in [-0.1, -0.05) is 0 Å². The Bertz CT molecular complexity index is 1350. The summed E-state index contributed by atoms with van der Waals surface area (Å²) in [6.45, 7) is -0.722. The molecular weight excluding hydrogens is 495 g/mol. The number of imidazole rings is 1. The highest BCUT2D eigenvalue weighted by molar-refractivity contribution is 7.54. The molecule has 2 aromatic heterocycles. The highest BCUT2D eigenvalue weighted by Crippen LogP contribution is 2.46. The lowest BCUT2D eigenvalue weighted by molar-refractivity contribution is -0.393. The summed E-state index contributed by atoms with van der Waals surface area (Å²) in [4.78, 5) is 42.2. The molecule has 1 aliphatic heterocycles. The molecule has 0 saturated carbocycles. The molecule has 186 valence electrons. The van der Waals surface area contributed by atoms with Crippen molar-refractivity contribution in [2.24, 2.45) is 0 Å². The normalized spacial score (nSPS) is 23.7. The summed E-state index contributed by atoms with van der Waals surface area (Å²) in [6, 6.07) is 2.38. The number of rotatable bonds is 8. The number of aromatic nitrogens is 4. The number of nitrogen functional groups attached to an aromatic ring is 1. The van der Waals surface area contributed by atoms with E-state index in [4.69, 9.17) is 15.0 Å². The molecule has 19 heteroatoms. The molecule has 1 aromatic carbocycles. The summed E-state index contributed by atoms with van der Waals surface area (Å²) >= 11 is 0. The van der Waals surface area contributed by atoms with E-state index in [1.165, 1.54) is 17.2 Å². The van der Waals surface area contributed by atoms with Gasteiger partial charge in [-0.3, -0.25) is 34.4 Å². The highest BCUT2D eigenvalue weighted by atomic mass is 31.2. The van der Waals surface area contributed by atoms with Crippen LogP contribution in [0.25, 0.3) is 11.2 Å². The molecular formula is C16H17N8O10P. The molecule has 0 spiro atoms. The predicted molar refractivity (Wildman–Crippen MR) is 115 cm³/mol. The third-order valence-corrected chi connectivity index (χ3v) is 6.09. The van der Waals surface area contributed by atoms with Crippen molar-refractivity contribution in [3.63, 3.8) is 0 Å². The van der Waals surface area contributed by atoms with Crippen LogP contribution in [0.5, 0.6) is 0 Å². The summed E-state index contributed by atoms with van der Waals surface area (Å²) in [5.41, 5.74) is 4.21. The molecule has 0 amide bonds. The second-order valence-electron chi connectivity index (χ2n) is 7.27. The molecule has 1 fully saturated rings. The average molecular weight is 512 g/mol. The maximum absolute atomic E-state index is 12.5. The smallest absolute Gasteiger partial charge is 0.387 e. The molecule has 5 atom stereocenters. The quantitative estimate of drug-likeness (QED) is 0.152. The van der Waals surface area contributed by atoms with Crippen molar-refractivity contribution in [1.29, 1.82) is 0 Å². The van der Waals surface area contributed by atoms with Gasteiger partial charge < -0.3 is 25.6 Å². The fourth-order valence-corrected chi connectivity index (χ4v) is 4.30. The van der Waals surface area contributed by atoms with Gasteiger partial charge in [0.25, 0.3) is 11.4 Å². The standard InChI is InChI=1S/C16H17N8O10P/c17-14-11-15(19-5-18-14)22(6-20-11)16-13(26)12(25)10(34-16)4-33-35(31,32)21-8-2-1-7(23(27)28)3-9(8)24(29)30/h1-3,5-6,10,12-13,16,25-26H,4H2,(H2,17,18,19)(H2,21,31,32)/t10-,12-,13-,16-/m1/s1. The number of hydrogen-bond acceptors (Lipinski definition) is 13. The van der Waals surface area contributed by atoms with Crippen molar-refractivity contribution in [3.8, 4) is 0 Å². The first kappa shape index (κ1) is 24.3. The van der Waals surface area contributed by atoms with Crippen LogP contribution in [0.3, 0.4) is 0 Å². The molecule has 1 aliphatic rings. The lowest BCUT2D eigenvalue weighted by Crippen LogP contribution is -2.33. The highest BCUT2D eigenvalue weighted by Gasteiger charge is 2.45. The largest absolute Gasteiger partial charge is 0.430 e. The molecule has 1 unspecified atom stereocenters. The summed E-state index contributed by atoms with van der Waals surface area (Å²) in [6.07, 6.45) is -3.17. The predicted octanol–water partition coefficient (Wildman–Crippen LogP) is 0.0732. The Balaban J connectivity index is 1.47. The van der Waals surface area contributed by atoms with Crippen LogP contribution in [-0.2, 0) is 13.8 Å². The van der Waals surface area contributed by atoms with E-state index in [1.807, 2.05) is 5.09 Å². The number of nitro groups is 2. The zero-order valence-electron chi connectivity index (χ0n) is 17.3. The van der Waals surface area contributed by atoms with Gasteiger partial charge in [0.2, 0.25) is 0 Å². The maximum atomic E-state index is 12.5. The van der Waals surface area contributed by atoms with Crippen LogP contribution < -0.4 is 10.8 Å². The zero-order valence-corrected chi connectivity index (χ0v) is 18.2. The van der Waals surface area contributed by atoms with Crippen LogP contribution >= 0.6 is 7.75 Å². The summed E-state index contributed by atoms with van der Waals surface area (Å²) < 4.78 is 24.2. The van der Waals surface area contributed by atoms with Crippen molar-refractivity contribution in [2.45, 2.75) is 24.5 Å². The molecule has 3 aromatic rings. The number of non-ortho nitro benzene ring substituents is 1. The van der Waals surface area contributed by atoms with Gasteiger partial charge in [-0.05, 0) is 6.07 Å². The molecule has 6 N–H and O–H groups in total. The van der Waals surface area contributed by atoms with Crippen molar-refractivity contribution >= 4 is 41.8 Å². The van der Waals surface area contributed by atoms with E-state index in [9.17, 15) is 39.9 Å². The van der Waals surface area contributed by atoms with Crippen LogP contribution in [-0.4, -0.2) is 69.4 Å². The second-order valence-corrected chi connectivity index (χ2v) is 8.80.